The van der Waals surface area contributed by atoms with Crippen LogP contribution in [0.5, 0.6) is 0 Å². The van der Waals surface area contributed by atoms with Gasteiger partial charge in [0, 0.05) is 17.7 Å². The third kappa shape index (κ3) is 12.3. The van der Waals surface area contributed by atoms with Crippen LogP contribution in [-0.4, -0.2) is 38.6 Å². The monoisotopic (exact) mass is 308 g/mol. The van der Waals surface area contributed by atoms with E-state index < -0.39 is 17.5 Å². The number of Topliss-reactive ketones (excluding diaryl/α,β-unsaturated/α-hetero) is 1. The van der Waals surface area contributed by atoms with Gasteiger partial charge in [-0.15, -0.1) is 0 Å². The molecule has 1 rings (SSSR count). The number of hydrogen-bond acceptors (Lipinski definition) is 4. The number of ketones is 1. The number of carboxylic acids is 2. The Morgan fingerprint density at radius 1 is 0.955 bits per heavy atom. The van der Waals surface area contributed by atoms with Gasteiger partial charge in [-0.3, -0.25) is 4.79 Å². The first kappa shape index (κ1) is 21.6. The number of carbonyl (C=O) groups is 3. The Balaban J connectivity index is 0. The second-order valence-corrected chi connectivity index (χ2v) is 4.34. The van der Waals surface area contributed by atoms with Crippen molar-refractivity contribution in [3.05, 3.63) is 61.2 Å². The van der Waals surface area contributed by atoms with Gasteiger partial charge in [0.1, 0.15) is 5.60 Å². The highest BCUT2D eigenvalue weighted by atomic mass is 16.4. The molecule has 0 amide bonds. The number of benzene rings is 1. The van der Waals surface area contributed by atoms with E-state index in [1.807, 2.05) is 6.07 Å². The van der Waals surface area contributed by atoms with Crippen molar-refractivity contribution in [2.24, 2.45) is 0 Å². The molecule has 6 nitrogen and oxygen atoms in total. The lowest BCUT2D eigenvalue weighted by Crippen LogP contribution is -2.30. The molecule has 0 aliphatic rings. The maximum Gasteiger partial charge on any atom is 0.327 e. The minimum absolute atomic E-state index is 0.247. The molecule has 6 heteroatoms. The Morgan fingerprint density at radius 3 is 1.50 bits per heavy atom. The van der Waals surface area contributed by atoms with Crippen LogP contribution in [0.25, 0.3) is 0 Å². The fraction of sp³-hybridized carbons (Fsp3) is 0.188. The first-order valence-corrected chi connectivity index (χ1v) is 6.09. The van der Waals surface area contributed by atoms with Crippen molar-refractivity contribution in [2.75, 3.05) is 0 Å². The van der Waals surface area contributed by atoms with Crippen molar-refractivity contribution in [2.45, 2.75) is 19.4 Å². The van der Waals surface area contributed by atoms with Crippen LogP contribution in [0.1, 0.15) is 24.2 Å². The fourth-order valence-corrected chi connectivity index (χ4v) is 0.943. The summed E-state index contributed by atoms with van der Waals surface area (Å²) in [4.78, 5) is 29.9. The van der Waals surface area contributed by atoms with Crippen molar-refractivity contribution < 1.29 is 29.7 Å². The molecule has 1 aromatic rings. The van der Waals surface area contributed by atoms with Crippen LogP contribution >= 0.6 is 0 Å². The fourth-order valence-electron chi connectivity index (χ4n) is 0.943. The van der Waals surface area contributed by atoms with Crippen molar-refractivity contribution >= 4 is 17.7 Å². The molecule has 22 heavy (non-hydrogen) atoms. The zero-order valence-electron chi connectivity index (χ0n) is 12.5. The summed E-state index contributed by atoms with van der Waals surface area (Å²) in [7, 11) is 0. The Labute approximate surface area is 129 Å². The summed E-state index contributed by atoms with van der Waals surface area (Å²) in [6.45, 7) is 8.90. The molecule has 0 aliphatic heterocycles. The van der Waals surface area contributed by atoms with E-state index in [1.54, 1.807) is 24.3 Å². The molecule has 0 aromatic heterocycles. The summed E-state index contributed by atoms with van der Waals surface area (Å²) >= 11 is 0. The van der Waals surface area contributed by atoms with E-state index in [9.17, 15) is 19.5 Å². The molecule has 0 radical (unpaired) electrons. The topological polar surface area (TPSA) is 112 Å². The van der Waals surface area contributed by atoms with Gasteiger partial charge >= 0.3 is 11.9 Å². The SMILES string of the molecule is C=CC(=O)O.C=CC(=O)O.CC(C)(O)C(=O)c1ccccc1. The van der Waals surface area contributed by atoms with Crippen molar-refractivity contribution in [1.82, 2.24) is 0 Å². The number of rotatable bonds is 4. The molecule has 0 atom stereocenters. The van der Waals surface area contributed by atoms with Crippen molar-refractivity contribution in [3.63, 3.8) is 0 Å². The van der Waals surface area contributed by atoms with Crippen LogP contribution in [0.4, 0.5) is 0 Å². The van der Waals surface area contributed by atoms with Crippen LogP contribution in [0.15, 0.2) is 55.6 Å². The third-order valence-corrected chi connectivity index (χ3v) is 1.94. The van der Waals surface area contributed by atoms with Gasteiger partial charge in [-0.1, -0.05) is 43.5 Å². The van der Waals surface area contributed by atoms with Crippen LogP contribution < -0.4 is 0 Å². The van der Waals surface area contributed by atoms with E-state index in [4.69, 9.17) is 10.2 Å². The molecule has 0 saturated heterocycles. The summed E-state index contributed by atoms with van der Waals surface area (Å²) < 4.78 is 0. The molecule has 0 bridgehead atoms. The number of hydrogen-bond donors (Lipinski definition) is 3. The average Bonchev–Trinajstić information content (AvgIpc) is 2.47. The second kappa shape index (κ2) is 11.0. The summed E-state index contributed by atoms with van der Waals surface area (Å²) in [5, 5.41) is 24.6. The first-order chi connectivity index (χ1) is 10.1. The number of carbonyl (C=O) groups excluding carboxylic acids is 1. The van der Waals surface area contributed by atoms with Crippen molar-refractivity contribution in [1.29, 1.82) is 0 Å². The Kier molecular flexibility index (Phi) is 10.8. The van der Waals surface area contributed by atoms with Gasteiger partial charge in [-0.05, 0) is 13.8 Å². The smallest absolute Gasteiger partial charge is 0.327 e. The maximum atomic E-state index is 11.4. The summed E-state index contributed by atoms with van der Waals surface area (Å²) in [6.07, 6.45) is 1.67. The highest BCUT2D eigenvalue weighted by Crippen LogP contribution is 2.11. The van der Waals surface area contributed by atoms with Crippen LogP contribution in [0, 0.1) is 0 Å². The zero-order valence-corrected chi connectivity index (χ0v) is 12.5. The Bertz CT molecular complexity index is 493. The normalized spacial score (nSPS) is 9.05. The van der Waals surface area contributed by atoms with Gasteiger partial charge in [0.15, 0.2) is 5.78 Å². The van der Waals surface area contributed by atoms with Gasteiger partial charge in [0.05, 0.1) is 0 Å². The van der Waals surface area contributed by atoms with Crippen LogP contribution in [0.3, 0.4) is 0 Å². The first-order valence-electron chi connectivity index (χ1n) is 6.09. The largest absolute Gasteiger partial charge is 0.478 e. The standard InChI is InChI=1S/C10H12O2.2C3H4O2/c1-10(2,12)9(11)8-6-4-3-5-7-8;2*1-2-3(4)5/h3-7,12H,1-2H3;2*2H,1H2,(H,4,5). The molecule has 0 fully saturated rings. The number of aliphatic hydroxyl groups is 1. The minimum Gasteiger partial charge on any atom is -0.478 e. The van der Waals surface area contributed by atoms with E-state index in [2.05, 4.69) is 13.2 Å². The quantitative estimate of drug-likeness (QED) is 0.580. The lowest BCUT2D eigenvalue weighted by atomic mass is 9.97. The Morgan fingerprint density at radius 2 is 1.27 bits per heavy atom. The summed E-state index contributed by atoms with van der Waals surface area (Å²) in [5.41, 5.74) is -0.730. The molecule has 0 spiro atoms. The van der Waals surface area contributed by atoms with Crippen molar-refractivity contribution in [3.8, 4) is 0 Å². The lowest BCUT2D eigenvalue weighted by Gasteiger charge is -2.14. The van der Waals surface area contributed by atoms with Crippen LogP contribution in [-0.2, 0) is 9.59 Å². The van der Waals surface area contributed by atoms with E-state index in [-0.39, 0.29) is 5.78 Å². The molecule has 120 valence electrons. The third-order valence-electron chi connectivity index (χ3n) is 1.94. The summed E-state index contributed by atoms with van der Waals surface area (Å²) in [6, 6.07) is 8.78. The highest BCUT2D eigenvalue weighted by molar-refractivity contribution is 6.01. The predicted molar refractivity (Wildman–Crippen MR) is 82.7 cm³/mol. The van der Waals surface area contributed by atoms with Crippen LogP contribution in [0.2, 0.25) is 0 Å². The van der Waals surface area contributed by atoms with Gasteiger partial charge in [-0.25, -0.2) is 9.59 Å². The lowest BCUT2D eigenvalue weighted by molar-refractivity contribution is -0.132. The van der Waals surface area contributed by atoms with E-state index in [0.717, 1.165) is 12.2 Å². The Hall–Kier alpha value is -2.73. The van der Waals surface area contributed by atoms with E-state index in [1.165, 1.54) is 13.8 Å². The molecule has 0 aliphatic carbocycles. The number of carboxylic acid groups (broad SMARTS) is 2. The molecule has 0 unspecified atom stereocenters. The maximum absolute atomic E-state index is 11.4. The zero-order chi connectivity index (χ0) is 17.8. The number of aliphatic carboxylic acids is 2. The summed E-state index contributed by atoms with van der Waals surface area (Å²) in [5.74, 6) is -2.21. The van der Waals surface area contributed by atoms with Gasteiger partial charge in [0.25, 0.3) is 0 Å². The van der Waals surface area contributed by atoms with Gasteiger partial charge in [-0.2, -0.15) is 0 Å². The average molecular weight is 308 g/mol. The van der Waals surface area contributed by atoms with E-state index >= 15 is 0 Å². The molecular weight excluding hydrogens is 288 g/mol. The molecule has 1 aromatic carbocycles. The minimum atomic E-state index is -1.28. The molecule has 3 N–H and O–H groups in total. The highest BCUT2D eigenvalue weighted by Gasteiger charge is 2.24. The molecule has 0 saturated carbocycles. The molecular formula is C16H20O6. The molecule has 0 heterocycles. The van der Waals surface area contributed by atoms with Gasteiger partial charge in [0.2, 0.25) is 0 Å². The second-order valence-electron chi connectivity index (χ2n) is 4.34. The van der Waals surface area contributed by atoms with E-state index in [0.29, 0.717) is 5.56 Å². The predicted octanol–water partition coefficient (Wildman–Crippen LogP) is 2.15. The van der Waals surface area contributed by atoms with Gasteiger partial charge < -0.3 is 15.3 Å².